The number of nitrogens with one attached hydrogen (secondary N) is 1. The molecule has 0 saturated heterocycles. The quantitative estimate of drug-likeness (QED) is 0.594. The smallest absolute Gasteiger partial charge is 0.0843 e. The summed E-state index contributed by atoms with van der Waals surface area (Å²) in [7, 11) is 0. The highest BCUT2D eigenvalue weighted by Crippen LogP contribution is 2.33. The van der Waals surface area contributed by atoms with Crippen molar-refractivity contribution in [2.24, 2.45) is 0 Å². The van der Waals surface area contributed by atoms with Gasteiger partial charge in [-0.3, -0.25) is 4.98 Å². The standard InChI is InChI=1S/C15H12Br2N2S/c1-9-4-5-13(11-3-2-6-18-14(9)11)19-8-10-7-12(16)15(17)20-10/h2-7,19H,8H2,1H3. The Bertz CT molecular complexity index is 748. The Hall–Kier alpha value is -0.910. The molecule has 2 heterocycles. The summed E-state index contributed by atoms with van der Waals surface area (Å²) in [6.45, 7) is 2.90. The fraction of sp³-hybridized carbons (Fsp3) is 0.133. The average molecular weight is 412 g/mol. The van der Waals surface area contributed by atoms with Gasteiger partial charge in [-0.25, -0.2) is 0 Å². The number of pyridine rings is 1. The fourth-order valence-corrected chi connectivity index (χ4v) is 4.25. The van der Waals surface area contributed by atoms with E-state index in [0.29, 0.717) is 0 Å². The first kappa shape index (κ1) is 14.0. The summed E-state index contributed by atoms with van der Waals surface area (Å²) in [5, 5.41) is 4.67. The number of hydrogen-bond donors (Lipinski definition) is 1. The molecule has 20 heavy (non-hydrogen) atoms. The van der Waals surface area contributed by atoms with Gasteiger partial charge < -0.3 is 5.32 Å². The lowest BCUT2D eigenvalue weighted by molar-refractivity contribution is 1.19. The number of benzene rings is 1. The topological polar surface area (TPSA) is 24.9 Å². The largest absolute Gasteiger partial charge is 0.380 e. The van der Waals surface area contributed by atoms with Gasteiger partial charge in [0.25, 0.3) is 0 Å². The van der Waals surface area contributed by atoms with E-state index in [1.165, 1.54) is 15.8 Å². The van der Waals surface area contributed by atoms with Gasteiger partial charge in [-0.15, -0.1) is 11.3 Å². The van der Waals surface area contributed by atoms with Crippen molar-refractivity contribution in [1.82, 2.24) is 4.98 Å². The molecule has 0 aliphatic carbocycles. The van der Waals surface area contributed by atoms with E-state index in [4.69, 9.17) is 0 Å². The molecule has 0 bridgehead atoms. The predicted molar refractivity (Wildman–Crippen MR) is 93.5 cm³/mol. The van der Waals surface area contributed by atoms with Crippen LogP contribution in [0.5, 0.6) is 0 Å². The molecule has 0 saturated carbocycles. The normalized spacial score (nSPS) is 10.9. The zero-order chi connectivity index (χ0) is 14.1. The van der Waals surface area contributed by atoms with E-state index in [9.17, 15) is 0 Å². The van der Waals surface area contributed by atoms with Gasteiger partial charge in [0.1, 0.15) is 0 Å². The van der Waals surface area contributed by atoms with Gasteiger partial charge >= 0.3 is 0 Å². The van der Waals surface area contributed by atoms with E-state index in [2.05, 4.69) is 73.3 Å². The molecular formula is C15H12Br2N2S. The molecule has 1 aromatic carbocycles. The summed E-state index contributed by atoms with van der Waals surface area (Å²) in [5.41, 5.74) is 3.39. The van der Waals surface area contributed by atoms with E-state index in [-0.39, 0.29) is 0 Å². The van der Waals surface area contributed by atoms with E-state index in [1.807, 2.05) is 12.3 Å². The van der Waals surface area contributed by atoms with Crippen LogP contribution in [-0.2, 0) is 6.54 Å². The average Bonchev–Trinajstić information content (AvgIpc) is 2.77. The Labute approximate surface area is 138 Å². The second-order valence-corrected chi connectivity index (χ2v) is 7.83. The van der Waals surface area contributed by atoms with Crippen LogP contribution in [0.25, 0.3) is 10.9 Å². The maximum Gasteiger partial charge on any atom is 0.0843 e. The molecule has 0 spiro atoms. The Morgan fingerprint density at radius 2 is 2.10 bits per heavy atom. The van der Waals surface area contributed by atoms with Crippen molar-refractivity contribution in [3.8, 4) is 0 Å². The first-order valence-electron chi connectivity index (χ1n) is 6.17. The molecule has 0 fully saturated rings. The van der Waals surface area contributed by atoms with Gasteiger partial charge in [0.05, 0.1) is 9.30 Å². The molecule has 0 aliphatic rings. The molecule has 2 aromatic heterocycles. The van der Waals surface area contributed by atoms with E-state index >= 15 is 0 Å². The third kappa shape index (κ3) is 2.75. The first-order chi connectivity index (χ1) is 9.65. The summed E-state index contributed by atoms with van der Waals surface area (Å²) >= 11 is 8.78. The zero-order valence-electron chi connectivity index (χ0n) is 10.8. The minimum absolute atomic E-state index is 0.807. The van der Waals surface area contributed by atoms with Crippen molar-refractivity contribution in [3.05, 3.63) is 55.2 Å². The number of aryl methyl sites for hydroxylation is 1. The number of halogens is 2. The maximum atomic E-state index is 4.46. The van der Waals surface area contributed by atoms with E-state index < -0.39 is 0 Å². The minimum atomic E-state index is 0.807. The number of hydrogen-bond acceptors (Lipinski definition) is 3. The van der Waals surface area contributed by atoms with Crippen LogP contribution >= 0.6 is 43.2 Å². The number of anilines is 1. The van der Waals surface area contributed by atoms with Crippen LogP contribution < -0.4 is 5.32 Å². The van der Waals surface area contributed by atoms with E-state index in [0.717, 1.165) is 26.0 Å². The molecule has 0 atom stereocenters. The number of aromatic nitrogens is 1. The van der Waals surface area contributed by atoms with Crippen molar-refractivity contribution < 1.29 is 0 Å². The predicted octanol–water partition coefficient (Wildman–Crippen LogP) is 5.74. The highest BCUT2D eigenvalue weighted by Gasteiger charge is 2.06. The molecule has 0 radical (unpaired) electrons. The van der Waals surface area contributed by atoms with Crippen molar-refractivity contribution in [3.63, 3.8) is 0 Å². The molecule has 3 aromatic rings. The van der Waals surface area contributed by atoms with Crippen LogP contribution in [0, 0.1) is 6.92 Å². The second kappa shape index (κ2) is 5.84. The number of rotatable bonds is 3. The molecule has 0 amide bonds. The molecule has 102 valence electrons. The number of thiophene rings is 1. The molecule has 0 aliphatic heterocycles. The number of nitrogens with zero attached hydrogens (tertiary/aromatic N) is 1. The van der Waals surface area contributed by atoms with Gasteiger partial charge in [0, 0.05) is 33.2 Å². The molecule has 2 nitrogen and oxygen atoms in total. The van der Waals surface area contributed by atoms with Crippen LogP contribution in [0.2, 0.25) is 0 Å². The van der Waals surface area contributed by atoms with Gasteiger partial charge in [-0.05, 0) is 68.6 Å². The Kier molecular flexibility index (Phi) is 4.10. The Morgan fingerprint density at radius 1 is 1.25 bits per heavy atom. The lowest BCUT2D eigenvalue weighted by Crippen LogP contribution is -1.99. The summed E-state index contributed by atoms with van der Waals surface area (Å²) in [6, 6.07) is 10.5. The summed E-state index contributed by atoms with van der Waals surface area (Å²) in [4.78, 5) is 5.74. The van der Waals surface area contributed by atoms with Crippen molar-refractivity contribution in [1.29, 1.82) is 0 Å². The lowest BCUT2D eigenvalue weighted by atomic mass is 10.1. The maximum absolute atomic E-state index is 4.46. The first-order valence-corrected chi connectivity index (χ1v) is 8.57. The monoisotopic (exact) mass is 410 g/mol. The summed E-state index contributed by atoms with van der Waals surface area (Å²) < 4.78 is 2.24. The molecule has 3 rings (SSSR count). The van der Waals surface area contributed by atoms with Crippen molar-refractivity contribution in [2.45, 2.75) is 13.5 Å². The summed E-state index contributed by atoms with van der Waals surface area (Å²) in [6.07, 6.45) is 1.84. The summed E-state index contributed by atoms with van der Waals surface area (Å²) in [5.74, 6) is 0. The van der Waals surface area contributed by atoms with Crippen LogP contribution in [0.3, 0.4) is 0 Å². The molecule has 5 heteroatoms. The molecule has 0 unspecified atom stereocenters. The van der Waals surface area contributed by atoms with E-state index in [1.54, 1.807) is 11.3 Å². The SMILES string of the molecule is Cc1ccc(NCc2cc(Br)c(Br)s2)c2cccnc12. The van der Waals surface area contributed by atoms with Gasteiger partial charge in [-0.2, -0.15) is 0 Å². The second-order valence-electron chi connectivity index (χ2n) is 4.52. The van der Waals surface area contributed by atoms with Crippen LogP contribution in [0.15, 0.2) is 44.8 Å². The van der Waals surface area contributed by atoms with Gasteiger partial charge in [0.2, 0.25) is 0 Å². The van der Waals surface area contributed by atoms with Gasteiger partial charge in [0.15, 0.2) is 0 Å². The zero-order valence-corrected chi connectivity index (χ0v) is 14.8. The van der Waals surface area contributed by atoms with Gasteiger partial charge in [-0.1, -0.05) is 6.07 Å². The van der Waals surface area contributed by atoms with Crippen LogP contribution in [-0.4, -0.2) is 4.98 Å². The van der Waals surface area contributed by atoms with Crippen LogP contribution in [0.4, 0.5) is 5.69 Å². The lowest BCUT2D eigenvalue weighted by Gasteiger charge is -2.10. The third-order valence-electron chi connectivity index (χ3n) is 3.12. The molecular weight excluding hydrogens is 400 g/mol. The third-order valence-corrected chi connectivity index (χ3v) is 6.38. The molecule has 1 N–H and O–H groups in total. The van der Waals surface area contributed by atoms with Crippen molar-refractivity contribution in [2.75, 3.05) is 5.32 Å². The number of fused-ring (bicyclic) bond motifs is 1. The Balaban J connectivity index is 1.89. The van der Waals surface area contributed by atoms with Crippen molar-refractivity contribution >= 4 is 59.8 Å². The highest BCUT2D eigenvalue weighted by atomic mass is 79.9. The fourth-order valence-electron chi connectivity index (χ4n) is 2.13. The highest BCUT2D eigenvalue weighted by molar-refractivity contribution is 9.13. The van der Waals surface area contributed by atoms with Crippen LogP contribution in [0.1, 0.15) is 10.4 Å². The Morgan fingerprint density at radius 3 is 2.85 bits per heavy atom. The minimum Gasteiger partial charge on any atom is -0.380 e.